The van der Waals surface area contributed by atoms with Crippen molar-refractivity contribution in [1.29, 1.82) is 5.26 Å². The summed E-state index contributed by atoms with van der Waals surface area (Å²) in [5, 5.41) is 9.47. The zero-order valence-electron chi connectivity index (χ0n) is 11.1. The molecule has 0 saturated heterocycles. The zero-order chi connectivity index (χ0) is 14.4. The lowest BCUT2D eigenvalue weighted by molar-refractivity contribution is 0.317. The van der Waals surface area contributed by atoms with Crippen LogP contribution in [0.1, 0.15) is 18.9 Å². The van der Waals surface area contributed by atoms with Crippen LogP contribution in [-0.4, -0.2) is 6.61 Å². The minimum atomic E-state index is 0.334. The van der Waals surface area contributed by atoms with E-state index in [2.05, 4.69) is 6.92 Å². The normalized spacial score (nSPS) is 9.85. The summed E-state index contributed by atoms with van der Waals surface area (Å²) < 4.78 is 11.2. The van der Waals surface area contributed by atoms with Gasteiger partial charge in [-0.2, -0.15) is 5.26 Å². The van der Waals surface area contributed by atoms with Gasteiger partial charge in [0, 0.05) is 0 Å². The lowest BCUT2D eigenvalue weighted by Crippen LogP contribution is -1.94. The maximum atomic E-state index is 9.08. The van der Waals surface area contributed by atoms with Gasteiger partial charge in [0.2, 0.25) is 0 Å². The molecule has 0 fully saturated rings. The standard InChI is InChI=1S/C16H14ClNO2/c1-2-10-19-12-6-8-13(9-7-12)20-16-5-3-4-15(17)14(16)11-18/h3-9H,2,10H2,1H3. The minimum absolute atomic E-state index is 0.334. The van der Waals surface area contributed by atoms with Crippen molar-refractivity contribution in [2.75, 3.05) is 6.61 Å². The van der Waals surface area contributed by atoms with Crippen LogP contribution in [0.2, 0.25) is 5.02 Å². The molecule has 2 aromatic rings. The molecule has 0 heterocycles. The Morgan fingerprint density at radius 1 is 1.10 bits per heavy atom. The Morgan fingerprint density at radius 3 is 2.45 bits per heavy atom. The first-order valence-corrected chi connectivity index (χ1v) is 6.71. The van der Waals surface area contributed by atoms with Crippen LogP contribution < -0.4 is 9.47 Å². The third-order valence-electron chi connectivity index (χ3n) is 2.61. The van der Waals surface area contributed by atoms with Crippen molar-refractivity contribution in [1.82, 2.24) is 0 Å². The largest absolute Gasteiger partial charge is 0.494 e. The Bertz CT molecular complexity index is 617. The van der Waals surface area contributed by atoms with Gasteiger partial charge in [-0.1, -0.05) is 24.6 Å². The fourth-order valence-electron chi connectivity index (χ4n) is 1.65. The van der Waals surface area contributed by atoms with Crippen LogP contribution in [0.5, 0.6) is 17.2 Å². The van der Waals surface area contributed by atoms with Crippen molar-refractivity contribution in [2.45, 2.75) is 13.3 Å². The number of hydrogen-bond donors (Lipinski definition) is 0. The van der Waals surface area contributed by atoms with E-state index in [0.29, 0.717) is 28.7 Å². The van der Waals surface area contributed by atoms with E-state index < -0.39 is 0 Å². The molecule has 0 aliphatic rings. The molecule has 20 heavy (non-hydrogen) atoms. The Labute approximate surface area is 123 Å². The van der Waals surface area contributed by atoms with Crippen molar-refractivity contribution in [3.63, 3.8) is 0 Å². The first kappa shape index (κ1) is 14.2. The Kier molecular flexibility index (Phi) is 4.86. The topological polar surface area (TPSA) is 42.2 Å². The molecule has 0 aliphatic carbocycles. The molecular formula is C16H14ClNO2. The molecule has 0 bridgehead atoms. The molecule has 0 atom stereocenters. The van der Waals surface area contributed by atoms with Gasteiger partial charge in [0.15, 0.2) is 0 Å². The van der Waals surface area contributed by atoms with E-state index in [9.17, 15) is 0 Å². The molecule has 2 rings (SSSR count). The van der Waals surface area contributed by atoms with E-state index in [-0.39, 0.29) is 0 Å². The molecule has 0 N–H and O–H groups in total. The number of ether oxygens (including phenoxy) is 2. The summed E-state index contributed by atoms with van der Waals surface area (Å²) in [6.07, 6.45) is 0.965. The molecule has 0 amide bonds. The average Bonchev–Trinajstić information content (AvgIpc) is 2.47. The molecule has 0 saturated carbocycles. The molecule has 2 aromatic carbocycles. The third kappa shape index (κ3) is 3.43. The molecule has 0 radical (unpaired) electrons. The molecule has 4 heteroatoms. The van der Waals surface area contributed by atoms with Crippen LogP contribution in [0, 0.1) is 11.3 Å². The van der Waals surface area contributed by atoms with Crippen molar-refractivity contribution in [2.24, 2.45) is 0 Å². The second-order valence-electron chi connectivity index (χ2n) is 4.15. The Balaban J connectivity index is 2.15. The fraction of sp³-hybridized carbons (Fsp3) is 0.188. The van der Waals surface area contributed by atoms with Crippen LogP contribution >= 0.6 is 11.6 Å². The monoisotopic (exact) mass is 287 g/mol. The molecule has 0 aromatic heterocycles. The molecule has 0 unspecified atom stereocenters. The highest BCUT2D eigenvalue weighted by Crippen LogP contribution is 2.30. The van der Waals surface area contributed by atoms with Crippen molar-refractivity contribution in [3.8, 4) is 23.3 Å². The van der Waals surface area contributed by atoms with Gasteiger partial charge >= 0.3 is 0 Å². The van der Waals surface area contributed by atoms with E-state index >= 15 is 0 Å². The zero-order valence-corrected chi connectivity index (χ0v) is 11.9. The lowest BCUT2D eigenvalue weighted by atomic mass is 10.2. The van der Waals surface area contributed by atoms with Crippen LogP contribution in [0.15, 0.2) is 42.5 Å². The van der Waals surface area contributed by atoms with Crippen molar-refractivity contribution in [3.05, 3.63) is 53.1 Å². The van der Waals surface area contributed by atoms with Gasteiger partial charge in [-0.05, 0) is 42.8 Å². The highest BCUT2D eigenvalue weighted by Gasteiger charge is 2.08. The molecule has 3 nitrogen and oxygen atoms in total. The van der Waals surface area contributed by atoms with Gasteiger partial charge < -0.3 is 9.47 Å². The van der Waals surface area contributed by atoms with E-state index in [4.69, 9.17) is 26.3 Å². The maximum Gasteiger partial charge on any atom is 0.146 e. The predicted octanol–water partition coefficient (Wildman–Crippen LogP) is 4.79. The summed E-state index contributed by atoms with van der Waals surface area (Å²) in [4.78, 5) is 0. The Hall–Kier alpha value is -2.18. The lowest BCUT2D eigenvalue weighted by Gasteiger charge is -2.09. The van der Waals surface area contributed by atoms with Gasteiger partial charge in [-0.3, -0.25) is 0 Å². The van der Waals surface area contributed by atoms with Gasteiger partial charge in [-0.15, -0.1) is 0 Å². The summed E-state index contributed by atoms with van der Waals surface area (Å²) in [5.74, 6) is 1.88. The molecule has 0 aliphatic heterocycles. The highest BCUT2D eigenvalue weighted by atomic mass is 35.5. The first-order chi connectivity index (χ1) is 9.74. The quantitative estimate of drug-likeness (QED) is 0.794. The van der Waals surface area contributed by atoms with E-state index in [0.717, 1.165) is 12.2 Å². The summed E-state index contributed by atoms with van der Waals surface area (Å²) in [6, 6.07) is 14.4. The maximum absolute atomic E-state index is 9.08. The van der Waals surface area contributed by atoms with Crippen LogP contribution in [0.3, 0.4) is 0 Å². The summed E-state index contributed by atoms with van der Waals surface area (Å²) in [7, 11) is 0. The van der Waals surface area contributed by atoms with Gasteiger partial charge in [0.25, 0.3) is 0 Å². The average molecular weight is 288 g/mol. The third-order valence-corrected chi connectivity index (χ3v) is 2.93. The van der Waals surface area contributed by atoms with Gasteiger partial charge in [-0.25, -0.2) is 0 Å². The number of halogens is 1. The number of benzene rings is 2. The van der Waals surface area contributed by atoms with Gasteiger partial charge in [0.1, 0.15) is 28.9 Å². The van der Waals surface area contributed by atoms with Crippen molar-refractivity contribution >= 4 is 11.6 Å². The first-order valence-electron chi connectivity index (χ1n) is 6.34. The number of rotatable bonds is 5. The SMILES string of the molecule is CCCOc1ccc(Oc2cccc(Cl)c2C#N)cc1. The minimum Gasteiger partial charge on any atom is -0.494 e. The van der Waals surface area contributed by atoms with Gasteiger partial charge in [0.05, 0.1) is 11.6 Å². The molecular weight excluding hydrogens is 274 g/mol. The molecule has 102 valence electrons. The highest BCUT2D eigenvalue weighted by molar-refractivity contribution is 6.31. The van der Waals surface area contributed by atoms with E-state index in [1.165, 1.54) is 0 Å². The smallest absolute Gasteiger partial charge is 0.146 e. The number of hydrogen-bond acceptors (Lipinski definition) is 3. The van der Waals surface area contributed by atoms with Crippen LogP contribution in [0.4, 0.5) is 0 Å². The predicted molar refractivity (Wildman–Crippen MR) is 78.5 cm³/mol. The molecule has 0 spiro atoms. The van der Waals surface area contributed by atoms with Crippen LogP contribution in [-0.2, 0) is 0 Å². The van der Waals surface area contributed by atoms with Crippen LogP contribution in [0.25, 0.3) is 0 Å². The second kappa shape index (κ2) is 6.83. The van der Waals surface area contributed by atoms with E-state index in [1.54, 1.807) is 30.3 Å². The van der Waals surface area contributed by atoms with Crippen molar-refractivity contribution < 1.29 is 9.47 Å². The summed E-state index contributed by atoms with van der Waals surface area (Å²) >= 11 is 5.96. The Morgan fingerprint density at radius 2 is 1.80 bits per heavy atom. The number of nitrogens with zero attached hydrogens (tertiary/aromatic N) is 1. The number of nitriles is 1. The van der Waals surface area contributed by atoms with E-state index in [1.807, 2.05) is 18.2 Å². The summed E-state index contributed by atoms with van der Waals surface area (Å²) in [6.45, 7) is 2.74. The fourth-order valence-corrected chi connectivity index (χ4v) is 1.86. The summed E-state index contributed by atoms with van der Waals surface area (Å²) in [5.41, 5.74) is 0.334. The second-order valence-corrected chi connectivity index (χ2v) is 4.55.